The molecule has 0 aliphatic heterocycles. The van der Waals surface area contributed by atoms with Crippen LogP contribution in [0, 0.1) is 13.8 Å². The van der Waals surface area contributed by atoms with Crippen molar-refractivity contribution in [2.24, 2.45) is 0 Å². The Balaban J connectivity index is 2.04. The van der Waals surface area contributed by atoms with Crippen LogP contribution in [0.25, 0.3) is 5.69 Å². The van der Waals surface area contributed by atoms with E-state index >= 15 is 0 Å². The maximum Gasteiger partial charge on any atom is 0.0648 e. The lowest BCUT2D eigenvalue weighted by Crippen LogP contribution is -2.13. The first kappa shape index (κ1) is 13.8. The van der Waals surface area contributed by atoms with E-state index in [1.165, 1.54) is 17.7 Å². The third-order valence-electron chi connectivity index (χ3n) is 3.26. The number of rotatable bonds is 5. The van der Waals surface area contributed by atoms with Gasteiger partial charge in [0, 0.05) is 5.69 Å². The second kappa shape index (κ2) is 6.02. The highest BCUT2D eigenvalue weighted by molar-refractivity contribution is 5.36. The topological polar surface area (TPSA) is 21.1 Å². The molecular formula is C16H23N3. The van der Waals surface area contributed by atoms with Gasteiger partial charge < -0.3 is 4.90 Å². The van der Waals surface area contributed by atoms with E-state index in [4.69, 9.17) is 0 Å². The Morgan fingerprint density at radius 2 is 1.79 bits per heavy atom. The van der Waals surface area contributed by atoms with Gasteiger partial charge in [-0.2, -0.15) is 5.10 Å². The van der Waals surface area contributed by atoms with Crippen LogP contribution < -0.4 is 0 Å². The molecule has 0 radical (unpaired) electrons. The van der Waals surface area contributed by atoms with Crippen molar-refractivity contribution >= 4 is 0 Å². The van der Waals surface area contributed by atoms with Gasteiger partial charge in [0.1, 0.15) is 0 Å². The fraction of sp³-hybridized carbons (Fsp3) is 0.438. The second-order valence-electron chi connectivity index (χ2n) is 5.41. The molecule has 3 heteroatoms. The summed E-state index contributed by atoms with van der Waals surface area (Å²) in [7, 11) is 4.23. The summed E-state index contributed by atoms with van der Waals surface area (Å²) in [6, 6.07) is 10.8. The monoisotopic (exact) mass is 257 g/mol. The fourth-order valence-corrected chi connectivity index (χ4v) is 2.29. The number of aryl methyl sites for hydroxylation is 3. The van der Waals surface area contributed by atoms with Crippen molar-refractivity contribution in [3.05, 3.63) is 47.3 Å². The molecule has 1 heterocycles. The highest BCUT2D eigenvalue weighted by atomic mass is 15.3. The quantitative estimate of drug-likeness (QED) is 0.821. The minimum Gasteiger partial charge on any atom is -0.309 e. The van der Waals surface area contributed by atoms with Crippen LogP contribution in [0.15, 0.2) is 30.3 Å². The molecule has 102 valence electrons. The van der Waals surface area contributed by atoms with Crippen molar-refractivity contribution in [3.8, 4) is 5.69 Å². The molecule has 0 fully saturated rings. The van der Waals surface area contributed by atoms with Gasteiger partial charge in [0.05, 0.1) is 11.4 Å². The Kier molecular flexibility index (Phi) is 4.38. The molecule has 3 nitrogen and oxygen atoms in total. The van der Waals surface area contributed by atoms with Gasteiger partial charge in [0.2, 0.25) is 0 Å². The Morgan fingerprint density at radius 3 is 2.32 bits per heavy atom. The lowest BCUT2D eigenvalue weighted by Gasteiger charge is -2.09. The van der Waals surface area contributed by atoms with Crippen LogP contribution >= 0.6 is 0 Å². The van der Waals surface area contributed by atoms with Crippen LogP contribution in [0.1, 0.15) is 23.4 Å². The summed E-state index contributed by atoms with van der Waals surface area (Å²) in [6.45, 7) is 5.25. The summed E-state index contributed by atoms with van der Waals surface area (Å²) in [6.07, 6.45) is 2.34. The van der Waals surface area contributed by atoms with E-state index in [2.05, 4.69) is 61.3 Å². The van der Waals surface area contributed by atoms with Gasteiger partial charge in [0.15, 0.2) is 0 Å². The Labute approximate surface area is 115 Å². The molecule has 19 heavy (non-hydrogen) atoms. The predicted octanol–water partition coefficient (Wildman–Crippen LogP) is 2.98. The van der Waals surface area contributed by atoms with Crippen molar-refractivity contribution in [1.82, 2.24) is 14.7 Å². The van der Waals surface area contributed by atoms with Crippen LogP contribution in [-0.4, -0.2) is 35.3 Å². The van der Waals surface area contributed by atoms with Crippen LogP contribution in [0.2, 0.25) is 0 Å². The Morgan fingerprint density at radius 1 is 1.11 bits per heavy atom. The lowest BCUT2D eigenvalue weighted by molar-refractivity contribution is 0.400. The highest BCUT2D eigenvalue weighted by Gasteiger charge is 2.03. The average Bonchev–Trinajstić information content (AvgIpc) is 2.69. The zero-order chi connectivity index (χ0) is 13.8. The highest BCUT2D eigenvalue weighted by Crippen LogP contribution is 2.13. The molecule has 0 bridgehead atoms. The fourth-order valence-electron chi connectivity index (χ4n) is 2.29. The molecule has 0 atom stereocenters. The van der Waals surface area contributed by atoms with E-state index in [0.29, 0.717) is 0 Å². The van der Waals surface area contributed by atoms with Gasteiger partial charge in [0.25, 0.3) is 0 Å². The maximum atomic E-state index is 4.51. The molecule has 2 aromatic rings. The summed E-state index contributed by atoms with van der Waals surface area (Å²) in [4.78, 5) is 2.23. The van der Waals surface area contributed by atoms with Crippen molar-refractivity contribution in [3.63, 3.8) is 0 Å². The van der Waals surface area contributed by atoms with E-state index in [9.17, 15) is 0 Å². The van der Waals surface area contributed by atoms with Gasteiger partial charge in [-0.3, -0.25) is 0 Å². The molecule has 0 aliphatic rings. The van der Waals surface area contributed by atoms with Crippen LogP contribution in [0.5, 0.6) is 0 Å². The van der Waals surface area contributed by atoms with E-state index < -0.39 is 0 Å². The summed E-state index contributed by atoms with van der Waals surface area (Å²) in [5.41, 5.74) is 4.78. The first-order valence-electron chi connectivity index (χ1n) is 6.83. The summed E-state index contributed by atoms with van der Waals surface area (Å²) in [5.74, 6) is 0. The Hall–Kier alpha value is -1.61. The standard InChI is InChI=1S/C16H23N3/c1-13-12-14(2)19(17-13)16-9-7-15(8-10-16)6-5-11-18(3)4/h7-10,12H,5-6,11H2,1-4H3. The molecule has 0 aliphatic carbocycles. The number of hydrogen-bond donors (Lipinski definition) is 0. The van der Waals surface area contributed by atoms with Crippen molar-refractivity contribution in [2.45, 2.75) is 26.7 Å². The van der Waals surface area contributed by atoms with E-state index in [0.717, 1.165) is 24.3 Å². The average molecular weight is 257 g/mol. The molecule has 1 aromatic heterocycles. The summed E-state index contributed by atoms with van der Waals surface area (Å²) >= 11 is 0. The number of benzene rings is 1. The van der Waals surface area contributed by atoms with Crippen molar-refractivity contribution in [1.29, 1.82) is 0 Å². The summed E-state index contributed by atoms with van der Waals surface area (Å²) in [5, 5.41) is 4.51. The van der Waals surface area contributed by atoms with Crippen LogP contribution in [0.3, 0.4) is 0 Å². The zero-order valence-electron chi connectivity index (χ0n) is 12.3. The second-order valence-corrected chi connectivity index (χ2v) is 5.41. The SMILES string of the molecule is Cc1cc(C)n(-c2ccc(CCCN(C)C)cc2)n1. The van der Waals surface area contributed by atoms with E-state index in [-0.39, 0.29) is 0 Å². The minimum atomic E-state index is 1.06. The van der Waals surface area contributed by atoms with Crippen LogP contribution in [0.4, 0.5) is 0 Å². The van der Waals surface area contributed by atoms with Crippen molar-refractivity contribution in [2.75, 3.05) is 20.6 Å². The number of hydrogen-bond acceptors (Lipinski definition) is 2. The first-order valence-corrected chi connectivity index (χ1v) is 6.83. The normalized spacial score (nSPS) is 11.2. The zero-order valence-corrected chi connectivity index (χ0v) is 12.3. The molecule has 0 saturated carbocycles. The van der Waals surface area contributed by atoms with Crippen molar-refractivity contribution < 1.29 is 0 Å². The molecule has 1 aromatic carbocycles. The third kappa shape index (κ3) is 3.67. The summed E-state index contributed by atoms with van der Waals surface area (Å²) < 4.78 is 2.00. The number of aromatic nitrogens is 2. The smallest absolute Gasteiger partial charge is 0.0648 e. The largest absolute Gasteiger partial charge is 0.309 e. The molecule has 0 saturated heterocycles. The molecule has 2 rings (SSSR count). The van der Waals surface area contributed by atoms with Gasteiger partial charge in [-0.1, -0.05) is 12.1 Å². The predicted molar refractivity (Wildman–Crippen MR) is 79.9 cm³/mol. The molecule has 0 amide bonds. The van der Waals surface area contributed by atoms with Gasteiger partial charge in [-0.05, 0) is 71.1 Å². The lowest BCUT2D eigenvalue weighted by atomic mass is 10.1. The Bertz CT molecular complexity index is 523. The van der Waals surface area contributed by atoms with E-state index in [1.807, 2.05) is 11.6 Å². The first-order chi connectivity index (χ1) is 9.06. The van der Waals surface area contributed by atoms with E-state index in [1.54, 1.807) is 0 Å². The van der Waals surface area contributed by atoms with Gasteiger partial charge >= 0.3 is 0 Å². The molecule has 0 spiro atoms. The third-order valence-corrected chi connectivity index (χ3v) is 3.26. The van der Waals surface area contributed by atoms with Crippen LogP contribution in [-0.2, 0) is 6.42 Å². The molecule has 0 N–H and O–H groups in total. The number of nitrogens with zero attached hydrogens (tertiary/aromatic N) is 3. The molecule has 0 unspecified atom stereocenters. The maximum absolute atomic E-state index is 4.51. The van der Waals surface area contributed by atoms with Gasteiger partial charge in [-0.25, -0.2) is 4.68 Å². The minimum absolute atomic E-state index is 1.06. The van der Waals surface area contributed by atoms with Gasteiger partial charge in [-0.15, -0.1) is 0 Å². The molecular weight excluding hydrogens is 234 g/mol.